The van der Waals surface area contributed by atoms with Gasteiger partial charge in [-0.2, -0.15) is 5.26 Å². The summed E-state index contributed by atoms with van der Waals surface area (Å²) in [5, 5.41) is 12.3. The monoisotopic (exact) mass is 354 g/mol. The fourth-order valence-corrected chi connectivity index (χ4v) is 3.39. The van der Waals surface area contributed by atoms with Crippen molar-refractivity contribution in [2.24, 2.45) is 0 Å². The number of nitrogens with zero attached hydrogens (tertiary/aromatic N) is 3. The van der Waals surface area contributed by atoms with Crippen LogP contribution in [-0.2, 0) is 9.53 Å². The molecule has 1 aromatic carbocycles. The van der Waals surface area contributed by atoms with Crippen LogP contribution in [-0.4, -0.2) is 37.2 Å². The zero-order valence-electron chi connectivity index (χ0n) is 13.3. The Morgan fingerprint density at radius 2 is 2.00 bits per heavy atom. The quantitative estimate of drug-likeness (QED) is 0.897. The fraction of sp³-hybridized carbons (Fsp3) is 0.278. The lowest BCUT2D eigenvalue weighted by Crippen LogP contribution is -2.36. The number of halogens is 1. The number of carbonyl (C=O) groups is 1. The molecule has 4 rings (SSSR count). The van der Waals surface area contributed by atoms with Gasteiger partial charge in [0, 0.05) is 24.3 Å². The zero-order chi connectivity index (χ0) is 17.4. The van der Waals surface area contributed by atoms with Crippen molar-refractivity contribution in [2.75, 3.05) is 36.5 Å². The second-order valence-corrected chi connectivity index (χ2v) is 6.36. The smallest absolute Gasteiger partial charge is 0.248 e. The van der Waals surface area contributed by atoms with Gasteiger partial charge in [-0.15, -0.1) is 0 Å². The van der Waals surface area contributed by atoms with Gasteiger partial charge >= 0.3 is 0 Å². The molecule has 7 heteroatoms. The highest BCUT2D eigenvalue weighted by molar-refractivity contribution is 6.33. The molecule has 1 N–H and O–H groups in total. The van der Waals surface area contributed by atoms with Crippen molar-refractivity contribution in [3.05, 3.63) is 41.0 Å². The molecule has 0 aliphatic carbocycles. The summed E-state index contributed by atoms with van der Waals surface area (Å²) in [4.78, 5) is 18.6. The number of morpholine rings is 1. The molecule has 25 heavy (non-hydrogen) atoms. The molecule has 0 radical (unpaired) electrons. The van der Waals surface area contributed by atoms with Gasteiger partial charge in [0.15, 0.2) is 5.92 Å². The summed E-state index contributed by atoms with van der Waals surface area (Å²) in [5.41, 5.74) is 3.49. The van der Waals surface area contributed by atoms with E-state index >= 15 is 0 Å². The van der Waals surface area contributed by atoms with Crippen molar-refractivity contribution in [1.29, 1.82) is 5.26 Å². The van der Waals surface area contributed by atoms with Gasteiger partial charge < -0.3 is 15.0 Å². The van der Waals surface area contributed by atoms with E-state index in [1.807, 2.05) is 30.3 Å². The first kappa shape index (κ1) is 15.9. The number of hydrogen-bond donors (Lipinski definition) is 1. The number of hydrogen-bond acceptors (Lipinski definition) is 5. The van der Waals surface area contributed by atoms with Crippen molar-refractivity contribution in [2.45, 2.75) is 5.92 Å². The van der Waals surface area contributed by atoms with Crippen LogP contribution in [0.4, 0.5) is 11.4 Å². The third kappa shape index (κ3) is 2.82. The average Bonchev–Trinajstić information content (AvgIpc) is 2.95. The van der Waals surface area contributed by atoms with Crippen molar-refractivity contribution in [3.8, 4) is 17.3 Å². The van der Waals surface area contributed by atoms with Gasteiger partial charge in [-0.05, 0) is 18.2 Å². The topological polar surface area (TPSA) is 78.2 Å². The molecular weight excluding hydrogens is 340 g/mol. The van der Waals surface area contributed by atoms with Crippen LogP contribution in [0.15, 0.2) is 30.3 Å². The summed E-state index contributed by atoms with van der Waals surface area (Å²) in [7, 11) is 0. The molecule has 0 saturated carbocycles. The van der Waals surface area contributed by atoms with Crippen LogP contribution in [0, 0.1) is 11.3 Å². The van der Waals surface area contributed by atoms with Gasteiger partial charge in [0.25, 0.3) is 0 Å². The molecule has 0 bridgehead atoms. The van der Waals surface area contributed by atoms with E-state index in [0.717, 1.165) is 37.6 Å². The third-order valence-corrected chi connectivity index (χ3v) is 4.73. The van der Waals surface area contributed by atoms with Gasteiger partial charge in [-0.25, -0.2) is 4.98 Å². The van der Waals surface area contributed by atoms with Crippen LogP contribution in [0.2, 0.25) is 5.02 Å². The van der Waals surface area contributed by atoms with E-state index in [1.165, 1.54) is 0 Å². The number of ether oxygens (including phenoxy) is 1. The van der Waals surface area contributed by atoms with Gasteiger partial charge in [0.05, 0.1) is 41.4 Å². The Balaban J connectivity index is 1.67. The molecule has 3 heterocycles. The fourth-order valence-electron chi connectivity index (χ4n) is 3.13. The van der Waals surface area contributed by atoms with Crippen LogP contribution in [0.3, 0.4) is 0 Å². The zero-order valence-corrected chi connectivity index (χ0v) is 14.1. The summed E-state index contributed by atoms with van der Waals surface area (Å²) in [6, 6.07) is 11.6. The minimum Gasteiger partial charge on any atom is -0.378 e. The summed E-state index contributed by atoms with van der Waals surface area (Å²) in [5.74, 6) is -1.25. The lowest BCUT2D eigenvalue weighted by molar-refractivity contribution is -0.116. The Kier molecular flexibility index (Phi) is 4.04. The summed E-state index contributed by atoms with van der Waals surface area (Å²) in [6.45, 7) is 3.21. The normalized spacial score (nSPS) is 19.3. The molecule has 2 aromatic rings. The van der Waals surface area contributed by atoms with Crippen molar-refractivity contribution < 1.29 is 9.53 Å². The van der Waals surface area contributed by atoms with E-state index in [9.17, 15) is 10.1 Å². The average molecular weight is 355 g/mol. The predicted molar refractivity (Wildman–Crippen MR) is 94.7 cm³/mol. The number of rotatable bonds is 2. The molecular formula is C18H15ClN4O2. The van der Waals surface area contributed by atoms with Gasteiger partial charge in [-0.3, -0.25) is 4.79 Å². The molecule has 1 aromatic heterocycles. The summed E-state index contributed by atoms with van der Waals surface area (Å²) < 4.78 is 5.37. The highest BCUT2D eigenvalue weighted by Crippen LogP contribution is 2.37. The molecule has 126 valence electrons. The molecule has 1 saturated heterocycles. The number of anilines is 2. The number of benzene rings is 1. The van der Waals surface area contributed by atoms with Crippen LogP contribution >= 0.6 is 11.6 Å². The van der Waals surface area contributed by atoms with Gasteiger partial charge in [0.1, 0.15) is 0 Å². The number of nitriles is 1. The largest absolute Gasteiger partial charge is 0.378 e. The standard InChI is InChI=1S/C18H15ClN4O2/c19-14-9-15-17(13(10-20)18(24)21-15)22-16(14)11-1-3-12(4-2-11)23-5-7-25-8-6-23/h1-4,9,13H,5-8H2,(H,21,24). The highest BCUT2D eigenvalue weighted by Gasteiger charge is 2.33. The second-order valence-electron chi connectivity index (χ2n) is 5.95. The Morgan fingerprint density at radius 1 is 1.28 bits per heavy atom. The van der Waals surface area contributed by atoms with E-state index in [0.29, 0.717) is 22.1 Å². The van der Waals surface area contributed by atoms with E-state index in [4.69, 9.17) is 16.3 Å². The van der Waals surface area contributed by atoms with Crippen LogP contribution < -0.4 is 10.2 Å². The lowest BCUT2D eigenvalue weighted by Gasteiger charge is -2.28. The number of aromatic nitrogens is 1. The van der Waals surface area contributed by atoms with Gasteiger partial charge in [-0.1, -0.05) is 23.7 Å². The minimum absolute atomic E-state index is 0.360. The molecule has 2 aliphatic rings. The van der Waals surface area contributed by atoms with Crippen molar-refractivity contribution in [1.82, 2.24) is 4.98 Å². The minimum atomic E-state index is -0.890. The Labute approximate surface area is 150 Å². The molecule has 1 atom stereocenters. The first-order chi connectivity index (χ1) is 12.2. The Bertz CT molecular complexity index is 870. The van der Waals surface area contributed by atoms with Crippen LogP contribution in [0.1, 0.15) is 11.6 Å². The number of pyridine rings is 1. The predicted octanol–water partition coefficient (Wildman–Crippen LogP) is 2.80. The third-order valence-electron chi connectivity index (χ3n) is 4.45. The second kappa shape index (κ2) is 6.36. The van der Waals surface area contributed by atoms with Crippen LogP contribution in [0.5, 0.6) is 0 Å². The van der Waals surface area contributed by atoms with E-state index in [2.05, 4.69) is 15.2 Å². The van der Waals surface area contributed by atoms with Crippen molar-refractivity contribution in [3.63, 3.8) is 0 Å². The number of amides is 1. The van der Waals surface area contributed by atoms with E-state index in [-0.39, 0.29) is 5.91 Å². The number of nitrogens with one attached hydrogen (secondary N) is 1. The summed E-state index contributed by atoms with van der Waals surface area (Å²) >= 11 is 6.35. The van der Waals surface area contributed by atoms with Crippen molar-refractivity contribution >= 4 is 28.9 Å². The Morgan fingerprint density at radius 3 is 2.68 bits per heavy atom. The van der Waals surface area contributed by atoms with E-state index < -0.39 is 5.92 Å². The molecule has 0 spiro atoms. The van der Waals surface area contributed by atoms with Crippen LogP contribution in [0.25, 0.3) is 11.3 Å². The van der Waals surface area contributed by atoms with E-state index in [1.54, 1.807) is 6.07 Å². The SMILES string of the molecule is N#CC1C(=O)Nc2cc(Cl)c(-c3ccc(N4CCOCC4)cc3)nc21. The first-order valence-corrected chi connectivity index (χ1v) is 8.39. The van der Waals surface area contributed by atoms with Gasteiger partial charge in [0.2, 0.25) is 5.91 Å². The maximum atomic E-state index is 11.8. The maximum Gasteiger partial charge on any atom is 0.248 e. The molecule has 1 unspecified atom stereocenters. The molecule has 6 nitrogen and oxygen atoms in total. The Hall–Kier alpha value is -2.62. The number of carbonyl (C=O) groups excluding carboxylic acids is 1. The summed E-state index contributed by atoms with van der Waals surface area (Å²) in [6.07, 6.45) is 0. The first-order valence-electron chi connectivity index (χ1n) is 8.01. The lowest BCUT2D eigenvalue weighted by atomic mass is 10.1. The number of fused-ring (bicyclic) bond motifs is 1. The molecule has 1 amide bonds. The molecule has 1 fully saturated rings. The highest BCUT2D eigenvalue weighted by atomic mass is 35.5. The maximum absolute atomic E-state index is 11.8. The molecule has 2 aliphatic heterocycles.